The van der Waals surface area contributed by atoms with Crippen LogP contribution in [0.4, 0.5) is 4.79 Å². The molecular formula is C31H32N2O4. The molecule has 1 fully saturated rings. The number of aryl methyl sites for hydroxylation is 2. The molecule has 0 saturated heterocycles. The molecular weight excluding hydrogens is 464 g/mol. The van der Waals surface area contributed by atoms with Crippen molar-refractivity contribution in [2.45, 2.75) is 52.1 Å². The van der Waals surface area contributed by atoms with Crippen molar-refractivity contribution < 1.29 is 18.7 Å². The number of amides is 1. The second kappa shape index (κ2) is 10.5. The van der Waals surface area contributed by atoms with E-state index < -0.39 is 0 Å². The molecule has 37 heavy (non-hydrogen) atoms. The molecule has 0 atom stereocenters. The maximum atomic E-state index is 13.0. The third kappa shape index (κ3) is 6.02. The minimum atomic E-state index is -0.318. The van der Waals surface area contributed by atoms with Gasteiger partial charge in [-0.05, 0) is 75.6 Å². The summed E-state index contributed by atoms with van der Waals surface area (Å²) >= 11 is 0. The smallest absolute Gasteiger partial charge is 0.415 e. The first-order valence-corrected chi connectivity index (χ1v) is 12.7. The van der Waals surface area contributed by atoms with Crippen LogP contribution in [-0.2, 0) is 13.0 Å². The Bertz CT molecular complexity index is 1340. The van der Waals surface area contributed by atoms with Crippen molar-refractivity contribution in [3.63, 3.8) is 0 Å². The van der Waals surface area contributed by atoms with Crippen LogP contribution in [-0.4, -0.2) is 28.1 Å². The molecule has 1 heterocycles. The largest absolute Gasteiger partial charge is 0.493 e. The van der Waals surface area contributed by atoms with Crippen LogP contribution in [0.5, 0.6) is 11.5 Å². The summed E-state index contributed by atoms with van der Waals surface area (Å²) in [5.41, 5.74) is 3.86. The lowest BCUT2D eigenvalue weighted by Gasteiger charge is -2.28. The summed E-state index contributed by atoms with van der Waals surface area (Å²) in [4.78, 5) is 19.5. The summed E-state index contributed by atoms with van der Waals surface area (Å²) in [6.07, 6.45) is 2.29. The van der Waals surface area contributed by atoms with E-state index in [4.69, 9.17) is 13.9 Å². The zero-order chi connectivity index (χ0) is 25.8. The van der Waals surface area contributed by atoms with Gasteiger partial charge >= 0.3 is 6.09 Å². The van der Waals surface area contributed by atoms with Gasteiger partial charge in [0.05, 0.1) is 12.3 Å². The topological polar surface area (TPSA) is 64.8 Å². The molecule has 6 heteroatoms. The maximum absolute atomic E-state index is 13.0. The third-order valence-corrected chi connectivity index (χ3v) is 6.86. The normalized spacial score (nSPS) is 13.7. The van der Waals surface area contributed by atoms with Gasteiger partial charge in [-0.1, -0.05) is 48.0 Å². The minimum absolute atomic E-state index is 0.162. The van der Waals surface area contributed by atoms with Gasteiger partial charge in [-0.25, -0.2) is 9.78 Å². The highest BCUT2D eigenvalue weighted by atomic mass is 16.6. The molecule has 0 bridgehead atoms. The van der Waals surface area contributed by atoms with Gasteiger partial charge in [0.15, 0.2) is 0 Å². The number of benzene rings is 3. The molecule has 5 rings (SSSR count). The molecule has 1 aromatic heterocycles. The van der Waals surface area contributed by atoms with Crippen molar-refractivity contribution in [1.82, 2.24) is 9.88 Å². The number of aromatic nitrogens is 1. The summed E-state index contributed by atoms with van der Waals surface area (Å²) in [6, 6.07) is 25.3. The second-order valence-electron chi connectivity index (χ2n) is 9.89. The lowest BCUT2D eigenvalue weighted by molar-refractivity contribution is 0.124. The van der Waals surface area contributed by atoms with Crippen LogP contribution >= 0.6 is 0 Å². The summed E-state index contributed by atoms with van der Waals surface area (Å²) in [7, 11) is 0. The molecule has 0 radical (unpaired) electrons. The van der Waals surface area contributed by atoms with E-state index in [-0.39, 0.29) is 11.6 Å². The Labute approximate surface area is 217 Å². The number of oxazole rings is 1. The Kier molecular flexibility index (Phi) is 6.99. The average molecular weight is 497 g/mol. The molecule has 1 aliphatic carbocycles. The van der Waals surface area contributed by atoms with Crippen LogP contribution in [0, 0.1) is 13.8 Å². The Morgan fingerprint density at radius 1 is 0.946 bits per heavy atom. The predicted molar refractivity (Wildman–Crippen MR) is 143 cm³/mol. The zero-order valence-electron chi connectivity index (χ0n) is 21.6. The molecule has 0 unspecified atom stereocenters. The van der Waals surface area contributed by atoms with E-state index in [1.807, 2.05) is 97.6 Å². The second-order valence-corrected chi connectivity index (χ2v) is 9.89. The first kappa shape index (κ1) is 24.6. The minimum Gasteiger partial charge on any atom is -0.493 e. The molecule has 6 nitrogen and oxygen atoms in total. The summed E-state index contributed by atoms with van der Waals surface area (Å²) < 4.78 is 17.5. The monoisotopic (exact) mass is 496 g/mol. The van der Waals surface area contributed by atoms with Gasteiger partial charge in [0.2, 0.25) is 5.89 Å². The van der Waals surface area contributed by atoms with Crippen molar-refractivity contribution in [3.05, 3.63) is 101 Å². The van der Waals surface area contributed by atoms with E-state index in [1.165, 1.54) is 0 Å². The molecule has 0 spiro atoms. The van der Waals surface area contributed by atoms with E-state index in [9.17, 15) is 4.79 Å². The fourth-order valence-electron chi connectivity index (χ4n) is 4.19. The molecule has 1 saturated carbocycles. The van der Waals surface area contributed by atoms with Crippen LogP contribution < -0.4 is 9.47 Å². The molecule has 1 amide bonds. The Balaban J connectivity index is 1.16. The quantitative estimate of drug-likeness (QED) is 0.247. The Morgan fingerprint density at radius 2 is 1.62 bits per heavy atom. The fraction of sp³-hybridized carbons (Fsp3) is 0.290. The van der Waals surface area contributed by atoms with Gasteiger partial charge in [0.25, 0.3) is 0 Å². The van der Waals surface area contributed by atoms with E-state index in [0.29, 0.717) is 31.2 Å². The molecule has 0 aliphatic heterocycles. The van der Waals surface area contributed by atoms with Crippen LogP contribution in [0.25, 0.3) is 11.5 Å². The van der Waals surface area contributed by atoms with Crippen molar-refractivity contribution in [1.29, 1.82) is 0 Å². The van der Waals surface area contributed by atoms with Crippen LogP contribution in [0.1, 0.15) is 42.3 Å². The summed E-state index contributed by atoms with van der Waals surface area (Å²) in [5, 5.41) is 0. The maximum Gasteiger partial charge on any atom is 0.415 e. The lowest BCUT2D eigenvalue weighted by atomic mass is 10.1. The molecule has 190 valence electrons. The number of rotatable bonds is 9. The summed E-state index contributed by atoms with van der Waals surface area (Å²) in [5.74, 6) is 2.78. The molecule has 1 aliphatic rings. The van der Waals surface area contributed by atoms with Crippen molar-refractivity contribution in [3.8, 4) is 23.0 Å². The van der Waals surface area contributed by atoms with Crippen LogP contribution in [0.2, 0.25) is 0 Å². The zero-order valence-corrected chi connectivity index (χ0v) is 21.6. The van der Waals surface area contributed by atoms with Crippen molar-refractivity contribution >= 4 is 6.09 Å². The van der Waals surface area contributed by atoms with Gasteiger partial charge in [-0.15, -0.1) is 0 Å². The van der Waals surface area contributed by atoms with E-state index in [0.717, 1.165) is 46.7 Å². The molecule has 0 N–H and O–H groups in total. The van der Waals surface area contributed by atoms with Crippen molar-refractivity contribution in [2.75, 3.05) is 6.61 Å². The number of hydrogen-bond acceptors (Lipinski definition) is 5. The van der Waals surface area contributed by atoms with Gasteiger partial charge < -0.3 is 13.9 Å². The van der Waals surface area contributed by atoms with Gasteiger partial charge in [0.1, 0.15) is 17.3 Å². The van der Waals surface area contributed by atoms with E-state index in [1.54, 1.807) is 0 Å². The molecule has 3 aromatic carbocycles. The van der Waals surface area contributed by atoms with E-state index in [2.05, 4.69) is 11.9 Å². The van der Waals surface area contributed by atoms with E-state index >= 15 is 0 Å². The highest BCUT2D eigenvalue weighted by Crippen LogP contribution is 2.42. The van der Waals surface area contributed by atoms with Crippen molar-refractivity contribution in [2.24, 2.45) is 0 Å². The molecule has 4 aromatic rings. The number of carbonyl (C=O) groups is 1. The number of hydrogen-bond donors (Lipinski definition) is 0. The highest BCUT2D eigenvalue weighted by Gasteiger charge is 2.46. The third-order valence-electron chi connectivity index (χ3n) is 6.86. The lowest BCUT2D eigenvalue weighted by Crippen LogP contribution is -2.41. The van der Waals surface area contributed by atoms with Crippen LogP contribution in [0.3, 0.4) is 0 Å². The van der Waals surface area contributed by atoms with Gasteiger partial charge in [-0.2, -0.15) is 0 Å². The first-order valence-electron chi connectivity index (χ1n) is 12.7. The Hall–Kier alpha value is -4.06. The average Bonchev–Trinajstić information content (AvgIpc) is 3.55. The van der Waals surface area contributed by atoms with Gasteiger partial charge in [-0.3, -0.25) is 4.90 Å². The SMILES string of the molecule is Cc1ccc(OC(=O)N(Cc2ccc(OCCc3nc(-c4ccccc4)oc3C)cc2)C2(C)CC2)cc1. The fourth-order valence-corrected chi connectivity index (χ4v) is 4.19. The Morgan fingerprint density at radius 3 is 2.30 bits per heavy atom. The first-order chi connectivity index (χ1) is 17.9. The number of carbonyl (C=O) groups excluding carboxylic acids is 1. The highest BCUT2D eigenvalue weighted by molar-refractivity contribution is 5.72. The predicted octanol–water partition coefficient (Wildman–Crippen LogP) is 7.13. The number of ether oxygens (including phenoxy) is 2. The number of nitrogens with zero attached hydrogens (tertiary/aromatic N) is 2. The van der Waals surface area contributed by atoms with Gasteiger partial charge in [0, 0.05) is 24.1 Å². The van der Waals surface area contributed by atoms with Crippen LogP contribution in [0.15, 0.2) is 83.3 Å². The standard InChI is InChI=1S/C31H32N2O4/c1-22-9-13-27(14-10-22)37-30(34)33(31(3)18-19-31)21-24-11-15-26(16-12-24)35-20-17-28-23(2)36-29(32-28)25-7-5-4-6-8-25/h4-16H,17-21H2,1-3H3. The summed E-state index contributed by atoms with van der Waals surface area (Å²) in [6.45, 7) is 7.03.